The summed E-state index contributed by atoms with van der Waals surface area (Å²) in [5.74, 6) is 1.48. The van der Waals surface area contributed by atoms with Gasteiger partial charge in [0.2, 0.25) is 5.95 Å². The van der Waals surface area contributed by atoms with E-state index in [2.05, 4.69) is 44.6 Å². The van der Waals surface area contributed by atoms with Crippen LogP contribution in [0.1, 0.15) is 23.9 Å². The molecule has 1 aromatic carbocycles. The minimum absolute atomic E-state index is 0.660. The predicted octanol–water partition coefficient (Wildman–Crippen LogP) is 4.34. The zero-order valence-electron chi connectivity index (χ0n) is 13.9. The van der Waals surface area contributed by atoms with Gasteiger partial charge in [0.15, 0.2) is 0 Å². The van der Waals surface area contributed by atoms with Crippen LogP contribution in [0.5, 0.6) is 0 Å². The largest absolute Gasteiger partial charge is 0.365 e. The van der Waals surface area contributed by atoms with Crippen LogP contribution in [-0.2, 0) is 6.54 Å². The number of nitrogens with zero attached hydrogens (tertiary/aromatic N) is 3. The monoisotopic (exact) mass is 339 g/mol. The summed E-state index contributed by atoms with van der Waals surface area (Å²) in [5.41, 5.74) is 2.22. The van der Waals surface area contributed by atoms with E-state index in [1.807, 2.05) is 31.2 Å². The third kappa shape index (κ3) is 4.08. The average Bonchev–Trinajstić information content (AvgIpc) is 3.00. The van der Waals surface area contributed by atoms with Crippen molar-refractivity contribution in [2.24, 2.45) is 0 Å². The Morgan fingerprint density at radius 3 is 2.67 bits per heavy atom. The van der Waals surface area contributed by atoms with Crippen LogP contribution in [0.3, 0.4) is 0 Å². The first-order valence-electron chi connectivity index (χ1n) is 8.08. The van der Waals surface area contributed by atoms with Gasteiger partial charge in [-0.3, -0.25) is 0 Å². The Labute approximate surface area is 146 Å². The van der Waals surface area contributed by atoms with Crippen molar-refractivity contribution in [3.8, 4) is 10.6 Å². The van der Waals surface area contributed by atoms with Crippen molar-refractivity contribution in [2.75, 3.05) is 17.2 Å². The van der Waals surface area contributed by atoms with Gasteiger partial charge in [-0.1, -0.05) is 37.3 Å². The summed E-state index contributed by atoms with van der Waals surface area (Å²) in [6.45, 7) is 5.75. The molecule has 2 heterocycles. The lowest BCUT2D eigenvalue weighted by Gasteiger charge is -2.07. The Bertz CT molecular complexity index is 785. The van der Waals surface area contributed by atoms with Gasteiger partial charge in [0.05, 0.1) is 12.2 Å². The zero-order valence-corrected chi connectivity index (χ0v) is 14.7. The quantitative estimate of drug-likeness (QED) is 0.670. The molecule has 0 unspecified atom stereocenters. The molecule has 0 saturated carbocycles. The van der Waals surface area contributed by atoms with Crippen LogP contribution in [0, 0.1) is 6.92 Å². The van der Waals surface area contributed by atoms with E-state index in [0.29, 0.717) is 12.5 Å². The molecule has 6 heteroatoms. The third-order valence-electron chi connectivity index (χ3n) is 3.53. The molecule has 0 spiro atoms. The van der Waals surface area contributed by atoms with E-state index in [-0.39, 0.29) is 0 Å². The maximum atomic E-state index is 4.68. The smallest absolute Gasteiger partial charge is 0.224 e. The Hall–Kier alpha value is -2.47. The standard InChI is InChI=1S/C18H21N5S/c1-3-10-19-18-20-11-9-16(23-18)21-12-15-13(2)22-17(24-15)14-7-5-4-6-8-14/h4-9,11H,3,10,12H2,1-2H3,(H2,19,20,21,23). The normalized spacial score (nSPS) is 10.6. The van der Waals surface area contributed by atoms with Crippen molar-refractivity contribution in [1.29, 1.82) is 0 Å². The number of aryl methyl sites for hydroxylation is 1. The molecule has 2 aromatic heterocycles. The summed E-state index contributed by atoms with van der Waals surface area (Å²) >= 11 is 1.72. The fraction of sp³-hybridized carbons (Fsp3) is 0.278. The lowest BCUT2D eigenvalue weighted by atomic mass is 10.2. The summed E-state index contributed by atoms with van der Waals surface area (Å²) in [6, 6.07) is 12.2. The maximum absolute atomic E-state index is 4.68. The van der Waals surface area contributed by atoms with Crippen LogP contribution >= 0.6 is 11.3 Å². The summed E-state index contributed by atoms with van der Waals surface area (Å²) in [4.78, 5) is 14.6. The van der Waals surface area contributed by atoms with Crippen molar-refractivity contribution in [3.05, 3.63) is 53.2 Å². The Morgan fingerprint density at radius 2 is 1.88 bits per heavy atom. The van der Waals surface area contributed by atoms with Crippen molar-refractivity contribution in [1.82, 2.24) is 15.0 Å². The molecule has 0 saturated heterocycles. The molecule has 3 rings (SSSR count). The van der Waals surface area contributed by atoms with E-state index < -0.39 is 0 Å². The Kier molecular flexibility index (Phi) is 5.38. The molecule has 0 atom stereocenters. The molecule has 0 bridgehead atoms. The second-order valence-electron chi connectivity index (χ2n) is 5.44. The van der Waals surface area contributed by atoms with E-state index in [4.69, 9.17) is 0 Å². The lowest BCUT2D eigenvalue weighted by molar-refractivity contribution is 0.950. The Balaban J connectivity index is 1.68. The minimum Gasteiger partial charge on any atom is -0.365 e. The maximum Gasteiger partial charge on any atom is 0.224 e. The highest BCUT2D eigenvalue weighted by molar-refractivity contribution is 7.15. The number of rotatable bonds is 7. The summed E-state index contributed by atoms with van der Waals surface area (Å²) < 4.78 is 0. The SMILES string of the molecule is CCCNc1nccc(NCc2sc(-c3ccccc3)nc2C)n1. The van der Waals surface area contributed by atoms with E-state index in [1.165, 1.54) is 4.88 Å². The molecule has 5 nitrogen and oxygen atoms in total. The summed E-state index contributed by atoms with van der Waals surface area (Å²) in [6.07, 6.45) is 2.81. The van der Waals surface area contributed by atoms with Crippen molar-refractivity contribution in [3.63, 3.8) is 0 Å². The highest BCUT2D eigenvalue weighted by Crippen LogP contribution is 2.28. The van der Waals surface area contributed by atoms with Crippen LogP contribution < -0.4 is 10.6 Å². The topological polar surface area (TPSA) is 62.7 Å². The van der Waals surface area contributed by atoms with E-state index in [0.717, 1.165) is 35.0 Å². The van der Waals surface area contributed by atoms with Crippen LogP contribution in [-0.4, -0.2) is 21.5 Å². The highest BCUT2D eigenvalue weighted by atomic mass is 32.1. The second-order valence-corrected chi connectivity index (χ2v) is 6.52. The van der Waals surface area contributed by atoms with E-state index in [9.17, 15) is 0 Å². The van der Waals surface area contributed by atoms with Crippen LogP contribution in [0.4, 0.5) is 11.8 Å². The molecule has 24 heavy (non-hydrogen) atoms. The number of thiazole rings is 1. The number of benzene rings is 1. The van der Waals surface area contributed by atoms with E-state index >= 15 is 0 Å². The van der Waals surface area contributed by atoms with Gasteiger partial charge >= 0.3 is 0 Å². The van der Waals surface area contributed by atoms with Gasteiger partial charge in [-0.25, -0.2) is 9.97 Å². The number of nitrogens with one attached hydrogen (secondary N) is 2. The van der Waals surface area contributed by atoms with E-state index in [1.54, 1.807) is 17.5 Å². The molecule has 0 aliphatic carbocycles. The van der Waals surface area contributed by atoms with Gasteiger partial charge in [0, 0.05) is 23.2 Å². The first kappa shape index (κ1) is 16.4. The molecule has 3 aromatic rings. The number of hydrogen-bond donors (Lipinski definition) is 2. The van der Waals surface area contributed by atoms with Gasteiger partial charge in [0.1, 0.15) is 10.8 Å². The minimum atomic E-state index is 0.660. The first-order valence-corrected chi connectivity index (χ1v) is 8.90. The van der Waals surface area contributed by atoms with Crippen molar-refractivity contribution < 1.29 is 0 Å². The molecule has 0 fully saturated rings. The highest BCUT2D eigenvalue weighted by Gasteiger charge is 2.09. The molecule has 0 aliphatic rings. The summed E-state index contributed by atoms with van der Waals surface area (Å²) in [5, 5.41) is 7.61. The lowest BCUT2D eigenvalue weighted by Crippen LogP contribution is -2.07. The summed E-state index contributed by atoms with van der Waals surface area (Å²) in [7, 11) is 0. The number of hydrogen-bond acceptors (Lipinski definition) is 6. The number of anilines is 2. The Morgan fingerprint density at radius 1 is 1.04 bits per heavy atom. The van der Waals surface area contributed by atoms with Crippen molar-refractivity contribution in [2.45, 2.75) is 26.8 Å². The molecular formula is C18H21N5S. The van der Waals surface area contributed by atoms with Gasteiger partial charge < -0.3 is 10.6 Å². The fourth-order valence-electron chi connectivity index (χ4n) is 2.25. The van der Waals surface area contributed by atoms with Gasteiger partial charge in [-0.2, -0.15) is 4.98 Å². The van der Waals surface area contributed by atoms with Gasteiger partial charge in [-0.15, -0.1) is 11.3 Å². The molecule has 2 N–H and O–H groups in total. The number of aromatic nitrogens is 3. The first-order chi connectivity index (χ1) is 11.8. The molecule has 0 radical (unpaired) electrons. The van der Waals surface area contributed by atoms with Gasteiger partial charge in [0.25, 0.3) is 0 Å². The fourth-order valence-corrected chi connectivity index (χ4v) is 3.25. The van der Waals surface area contributed by atoms with Crippen LogP contribution in [0.15, 0.2) is 42.6 Å². The second kappa shape index (κ2) is 7.88. The zero-order chi connectivity index (χ0) is 16.8. The molecular weight excluding hydrogens is 318 g/mol. The molecule has 0 aliphatic heterocycles. The van der Waals surface area contributed by atoms with Crippen molar-refractivity contribution >= 4 is 23.1 Å². The predicted molar refractivity (Wildman–Crippen MR) is 100 cm³/mol. The molecule has 124 valence electrons. The van der Waals surface area contributed by atoms with Crippen LogP contribution in [0.25, 0.3) is 10.6 Å². The van der Waals surface area contributed by atoms with Crippen LogP contribution in [0.2, 0.25) is 0 Å². The van der Waals surface area contributed by atoms with Gasteiger partial charge in [-0.05, 0) is 19.4 Å². The molecule has 0 amide bonds. The average molecular weight is 339 g/mol. The third-order valence-corrected chi connectivity index (χ3v) is 4.74.